The normalized spacial score (nSPS) is 11.1. The second-order valence-electron chi connectivity index (χ2n) is 9.05. The van der Waals surface area contributed by atoms with Gasteiger partial charge >= 0.3 is 0 Å². The van der Waals surface area contributed by atoms with Crippen LogP contribution in [0.25, 0.3) is 27.7 Å². The zero-order valence-corrected chi connectivity index (χ0v) is 22.0. The third-order valence-corrected chi connectivity index (χ3v) is 6.73. The average molecular weight is 573 g/mol. The van der Waals surface area contributed by atoms with Gasteiger partial charge < -0.3 is 10.1 Å². The highest BCUT2D eigenvalue weighted by Gasteiger charge is 2.18. The third kappa shape index (κ3) is 4.94. The van der Waals surface area contributed by atoms with Gasteiger partial charge in [0, 0.05) is 41.5 Å². The zero-order chi connectivity index (χ0) is 28.7. The van der Waals surface area contributed by atoms with Crippen molar-refractivity contribution >= 4 is 34.1 Å². The van der Waals surface area contributed by atoms with Crippen molar-refractivity contribution in [2.45, 2.75) is 0 Å². The van der Waals surface area contributed by atoms with Crippen LogP contribution >= 0.6 is 11.6 Å². The Hall–Kier alpha value is -5.29. The molecule has 9 nitrogen and oxygen atoms in total. The van der Waals surface area contributed by atoms with Gasteiger partial charge in [-0.1, -0.05) is 11.6 Å². The van der Waals surface area contributed by atoms with E-state index in [1.165, 1.54) is 48.5 Å². The fraction of sp³-hybridized carbons (Fsp3) is 0.0345. The number of pyridine rings is 1. The molecule has 12 heteroatoms. The van der Waals surface area contributed by atoms with Crippen molar-refractivity contribution < 1.29 is 18.3 Å². The van der Waals surface area contributed by atoms with Crippen LogP contribution < -0.4 is 15.6 Å². The van der Waals surface area contributed by atoms with Crippen molar-refractivity contribution in [2.75, 3.05) is 5.32 Å². The van der Waals surface area contributed by atoms with Gasteiger partial charge in [-0.2, -0.15) is 10.2 Å². The number of carbonyl (C=O) groups excluding carboxylic acids is 1. The lowest BCUT2D eigenvalue weighted by Gasteiger charge is -2.13. The van der Waals surface area contributed by atoms with Crippen LogP contribution in [0.1, 0.15) is 10.4 Å². The number of amides is 1. The fourth-order valence-corrected chi connectivity index (χ4v) is 4.62. The Kier molecular flexibility index (Phi) is 6.56. The Bertz CT molecular complexity index is 1990. The largest absolute Gasteiger partial charge is 0.454 e. The van der Waals surface area contributed by atoms with E-state index in [1.54, 1.807) is 29.3 Å². The SMILES string of the molecule is Cn1ncc2cc(Oc3ccc(NC(=O)c4ccc(Cl)n(-c5ccc(F)cc5)c4=O)cc3F)c(-c3cn[nH]c3)cc21. The molecule has 0 aliphatic heterocycles. The van der Waals surface area contributed by atoms with E-state index in [9.17, 15) is 14.0 Å². The lowest BCUT2D eigenvalue weighted by atomic mass is 10.1. The van der Waals surface area contributed by atoms with Crippen LogP contribution in [0.4, 0.5) is 14.5 Å². The summed E-state index contributed by atoms with van der Waals surface area (Å²) in [6.07, 6.45) is 5.00. The molecule has 204 valence electrons. The van der Waals surface area contributed by atoms with Gasteiger partial charge in [-0.05, 0) is 60.7 Å². The number of fused-ring (bicyclic) bond motifs is 1. The molecule has 0 bridgehead atoms. The summed E-state index contributed by atoms with van der Waals surface area (Å²) in [7, 11) is 1.82. The molecule has 6 rings (SSSR count). The van der Waals surface area contributed by atoms with Crippen molar-refractivity contribution in [2.24, 2.45) is 7.05 Å². The van der Waals surface area contributed by atoms with E-state index >= 15 is 4.39 Å². The maximum absolute atomic E-state index is 15.2. The molecule has 0 atom stereocenters. The Balaban J connectivity index is 1.27. The third-order valence-electron chi connectivity index (χ3n) is 6.43. The van der Waals surface area contributed by atoms with Gasteiger partial charge in [0.05, 0.1) is 23.6 Å². The lowest BCUT2D eigenvalue weighted by molar-refractivity contribution is 0.102. The molecule has 1 amide bonds. The molecule has 0 radical (unpaired) electrons. The number of H-pyrrole nitrogens is 1. The number of rotatable bonds is 6. The Morgan fingerprint density at radius 2 is 1.80 bits per heavy atom. The number of nitrogens with zero attached hydrogens (tertiary/aromatic N) is 4. The van der Waals surface area contributed by atoms with Gasteiger partial charge in [-0.25, -0.2) is 8.78 Å². The molecule has 0 saturated heterocycles. The predicted octanol–water partition coefficient (Wildman–Crippen LogP) is 6.09. The molecule has 2 N–H and O–H groups in total. The van der Waals surface area contributed by atoms with E-state index in [0.717, 1.165) is 27.1 Å². The molecule has 3 aromatic carbocycles. The maximum Gasteiger partial charge on any atom is 0.269 e. The first-order chi connectivity index (χ1) is 19.8. The number of hydrogen-bond acceptors (Lipinski definition) is 5. The molecular formula is C29H19ClF2N6O3. The number of hydrogen-bond donors (Lipinski definition) is 2. The van der Waals surface area contributed by atoms with Gasteiger partial charge in [-0.15, -0.1) is 0 Å². The highest BCUT2D eigenvalue weighted by Crippen LogP contribution is 2.37. The molecule has 0 unspecified atom stereocenters. The number of anilines is 1. The predicted molar refractivity (Wildman–Crippen MR) is 150 cm³/mol. The fourth-order valence-electron chi connectivity index (χ4n) is 4.38. The first-order valence-electron chi connectivity index (χ1n) is 12.2. The van der Waals surface area contributed by atoms with Crippen LogP contribution in [0.15, 0.2) is 90.1 Å². The van der Waals surface area contributed by atoms with Crippen LogP contribution in [-0.4, -0.2) is 30.5 Å². The summed E-state index contributed by atoms with van der Waals surface area (Å²) in [6.45, 7) is 0. The Labute approximate surface area is 235 Å². The van der Waals surface area contributed by atoms with Crippen molar-refractivity contribution in [1.29, 1.82) is 0 Å². The molecule has 3 heterocycles. The molecule has 0 saturated carbocycles. The summed E-state index contributed by atoms with van der Waals surface area (Å²) in [5, 5.41) is 14.4. The summed E-state index contributed by atoms with van der Waals surface area (Å²) in [5.41, 5.74) is 1.68. The van der Waals surface area contributed by atoms with Crippen molar-refractivity contribution in [3.05, 3.63) is 118 Å². The number of aryl methyl sites for hydroxylation is 1. The number of aromatic amines is 1. The first kappa shape index (κ1) is 26.0. The lowest BCUT2D eigenvalue weighted by Crippen LogP contribution is -2.28. The van der Waals surface area contributed by atoms with Gasteiger partial charge in [0.1, 0.15) is 22.3 Å². The van der Waals surface area contributed by atoms with Crippen LogP contribution in [-0.2, 0) is 7.05 Å². The molecule has 0 aliphatic carbocycles. The summed E-state index contributed by atoms with van der Waals surface area (Å²) < 4.78 is 37.3. The highest BCUT2D eigenvalue weighted by atomic mass is 35.5. The molecule has 0 aliphatic rings. The van der Waals surface area contributed by atoms with Gasteiger partial charge in [0.2, 0.25) is 0 Å². The monoisotopic (exact) mass is 572 g/mol. The molecule has 0 fully saturated rings. The minimum Gasteiger partial charge on any atom is -0.454 e. The van der Waals surface area contributed by atoms with Gasteiger partial charge in [0.15, 0.2) is 11.6 Å². The number of aromatic nitrogens is 5. The van der Waals surface area contributed by atoms with Gasteiger partial charge in [0.25, 0.3) is 11.5 Å². The zero-order valence-electron chi connectivity index (χ0n) is 21.2. The van der Waals surface area contributed by atoms with Gasteiger partial charge in [-0.3, -0.25) is 23.9 Å². The van der Waals surface area contributed by atoms with E-state index in [0.29, 0.717) is 11.3 Å². The first-order valence-corrected chi connectivity index (χ1v) is 12.6. The van der Waals surface area contributed by atoms with E-state index in [1.807, 2.05) is 13.1 Å². The van der Waals surface area contributed by atoms with E-state index in [-0.39, 0.29) is 27.8 Å². The number of nitrogens with one attached hydrogen (secondary N) is 2. The number of ether oxygens (including phenoxy) is 1. The average Bonchev–Trinajstić information content (AvgIpc) is 3.61. The standard InChI is InChI=1S/C29H19ClF2N6O3/c1-37-24-12-22(17-13-33-34-14-17)26(10-16(24)15-35-37)41-25-8-4-19(11-23(25)32)36-28(39)21-7-9-27(30)38(29(21)40)20-5-2-18(31)3-6-20/h2-15H,1H3,(H,33,34)(H,36,39). The molecule has 6 aromatic rings. The molecule has 0 spiro atoms. The maximum atomic E-state index is 15.2. The summed E-state index contributed by atoms with van der Waals surface area (Å²) in [5.74, 6) is -1.71. The minimum atomic E-state index is -0.778. The number of carbonyl (C=O) groups is 1. The number of benzene rings is 3. The summed E-state index contributed by atoms with van der Waals surface area (Å²) >= 11 is 6.19. The Morgan fingerprint density at radius 1 is 1.00 bits per heavy atom. The van der Waals surface area contributed by atoms with E-state index in [4.69, 9.17) is 16.3 Å². The smallest absolute Gasteiger partial charge is 0.269 e. The summed E-state index contributed by atoms with van der Waals surface area (Å²) in [6, 6.07) is 15.2. The molecule has 41 heavy (non-hydrogen) atoms. The van der Waals surface area contributed by atoms with Crippen molar-refractivity contribution in [3.63, 3.8) is 0 Å². The number of halogens is 3. The molecular weight excluding hydrogens is 554 g/mol. The van der Waals surface area contributed by atoms with E-state index < -0.39 is 23.1 Å². The van der Waals surface area contributed by atoms with E-state index in [2.05, 4.69) is 20.6 Å². The Morgan fingerprint density at radius 3 is 2.54 bits per heavy atom. The van der Waals surface area contributed by atoms with Crippen molar-refractivity contribution in [3.8, 4) is 28.3 Å². The minimum absolute atomic E-state index is 0.0324. The van der Waals surface area contributed by atoms with Crippen LogP contribution in [0, 0.1) is 11.6 Å². The topological polar surface area (TPSA) is 107 Å². The highest BCUT2D eigenvalue weighted by molar-refractivity contribution is 6.30. The van der Waals surface area contributed by atoms with Crippen LogP contribution in [0.2, 0.25) is 5.15 Å². The second kappa shape index (κ2) is 10.4. The second-order valence-corrected chi connectivity index (χ2v) is 9.44. The summed E-state index contributed by atoms with van der Waals surface area (Å²) in [4.78, 5) is 26.0. The van der Waals surface area contributed by atoms with Crippen molar-refractivity contribution in [1.82, 2.24) is 24.5 Å². The van der Waals surface area contributed by atoms with Crippen LogP contribution in [0.5, 0.6) is 11.5 Å². The molecule has 3 aromatic heterocycles. The quantitative estimate of drug-likeness (QED) is 0.235. The van der Waals surface area contributed by atoms with Crippen LogP contribution in [0.3, 0.4) is 0 Å².